The summed E-state index contributed by atoms with van der Waals surface area (Å²) >= 11 is 1.39. The van der Waals surface area contributed by atoms with Gasteiger partial charge in [-0.2, -0.15) is 0 Å². The Labute approximate surface area is 142 Å². The molecule has 0 fully saturated rings. The van der Waals surface area contributed by atoms with Crippen LogP contribution in [0.3, 0.4) is 0 Å². The minimum atomic E-state index is -0.954. The molecule has 1 amide bonds. The Hall–Kier alpha value is -2.92. The van der Waals surface area contributed by atoms with Gasteiger partial charge in [0.2, 0.25) is 0 Å². The Balaban J connectivity index is 2.30. The summed E-state index contributed by atoms with van der Waals surface area (Å²) in [5, 5.41) is 13.8. The van der Waals surface area contributed by atoms with Crippen molar-refractivity contribution in [3.63, 3.8) is 0 Å². The Bertz CT molecular complexity index is 820. The monoisotopic (exact) mass is 345 g/mol. The number of thiazole rings is 1. The maximum absolute atomic E-state index is 11.3. The van der Waals surface area contributed by atoms with Crippen LogP contribution in [-0.4, -0.2) is 21.6 Å². The number of ether oxygens (including phenoxy) is 1. The van der Waals surface area contributed by atoms with Gasteiger partial charge in [-0.25, -0.2) is 9.78 Å². The highest BCUT2D eigenvalue weighted by molar-refractivity contribution is 7.10. The van der Waals surface area contributed by atoms with Gasteiger partial charge < -0.3 is 10.5 Å². The second-order valence-electron chi connectivity index (χ2n) is 5.55. The van der Waals surface area contributed by atoms with Gasteiger partial charge in [-0.1, -0.05) is 12.0 Å². The molecule has 0 atom stereocenters. The van der Waals surface area contributed by atoms with Gasteiger partial charge in [0.25, 0.3) is 5.69 Å². The largest absolute Gasteiger partial charge is 0.443 e. The van der Waals surface area contributed by atoms with Gasteiger partial charge in [0, 0.05) is 35.2 Å². The van der Waals surface area contributed by atoms with Gasteiger partial charge in [0.1, 0.15) is 5.60 Å². The fourth-order valence-electron chi connectivity index (χ4n) is 2.14. The van der Waals surface area contributed by atoms with Crippen LogP contribution in [0.15, 0.2) is 29.8 Å². The zero-order valence-corrected chi connectivity index (χ0v) is 13.9. The SMILES string of the molecule is CC(C)(Cc1ccc(C#Cc2nccs2)cc1[N+](=O)[O-])OC(N)=O. The van der Waals surface area contributed by atoms with E-state index in [1.54, 1.807) is 37.6 Å². The molecule has 7 nitrogen and oxygen atoms in total. The van der Waals surface area contributed by atoms with Crippen molar-refractivity contribution in [3.8, 4) is 11.8 Å². The molecular weight excluding hydrogens is 330 g/mol. The van der Waals surface area contributed by atoms with Gasteiger partial charge in [-0.3, -0.25) is 10.1 Å². The zero-order valence-electron chi connectivity index (χ0n) is 13.1. The van der Waals surface area contributed by atoms with Crippen LogP contribution in [0.25, 0.3) is 0 Å². The van der Waals surface area contributed by atoms with E-state index in [0.717, 1.165) is 0 Å². The number of amides is 1. The first-order valence-electron chi connectivity index (χ1n) is 6.94. The number of nitro groups is 1. The summed E-state index contributed by atoms with van der Waals surface area (Å²) in [6, 6.07) is 4.69. The summed E-state index contributed by atoms with van der Waals surface area (Å²) < 4.78 is 4.98. The number of rotatable bonds is 4. The van der Waals surface area contributed by atoms with Crippen molar-refractivity contribution in [2.24, 2.45) is 5.73 Å². The van der Waals surface area contributed by atoms with Gasteiger partial charge in [-0.15, -0.1) is 11.3 Å². The molecule has 0 aliphatic heterocycles. The zero-order chi connectivity index (χ0) is 17.7. The Morgan fingerprint density at radius 3 is 2.79 bits per heavy atom. The summed E-state index contributed by atoms with van der Waals surface area (Å²) in [6.07, 6.45) is 0.876. The first kappa shape index (κ1) is 17.4. The van der Waals surface area contributed by atoms with Crippen molar-refractivity contribution in [3.05, 3.63) is 56.0 Å². The highest BCUT2D eigenvalue weighted by atomic mass is 32.1. The molecule has 1 heterocycles. The highest BCUT2D eigenvalue weighted by Gasteiger charge is 2.26. The number of nitrogens with zero attached hydrogens (tertiary/aromatic N) is 2. The normalized spacial score (nSPS) is 10.6. The fraction of sp³-hybridized carbons (Fsp3) is 0.250. The third kappa shape index (κ3) is 4.79. The Morgan fingerprint density at radius 2 is 2.21 bits per heavy atom. The van der Waals surface area contributed by atoms with Crippen molar-refractivity contribution in [2.45, 2.75) is 25.9 Å². The van der Waals surface area contributed by atoms with Gasteiger partial charge in [0.05, 0.1) is 4.92 Å². The quantitative estimate of drug-likeness (QED) is 0.521. The van der Waals surface area contributed by atoms with Crippen LogP contribution in [0.2, 0.25) is 0 Å². The van der Waals surface area contributed by atoms with E-state index >= 15 is 0 Å². The molecule has 2 N–H and O–H groups in total. The number of carbonyl (C=O) groups is 1. The number of hydrogen-bond donors (Lipinski definition) is 1. The molecule has 0 radical (unpaired) electrons. The summed E-state index contributed by atoms with van der Waals surface area (Å²) in [5.41, 5.74) is 4.93. The first-order valence-corrected chi connectivity index (χ1v) is 7.82. The lowest BCUT2D eigenvalue weighted by Gasteiger charge is -2.23. The number of nitrogens with two attached hydrogens (primary N) is 1. The number of carbonyl (C=O) groups excluding carboxylic acids is 1. The van der Waals surface area contributed by atoms with E-state index in [1.807, 2.05) is 0 Å². The van der Waals surface area contributed by atoms with Gasteiger partial charge in [0.15, 0.2) is 5.01 Å². The number of primary amides is 1. The molecule has 0 unspecified atom stereocenters. The minimum absolute atomic E-state index is 0.0814. The van der Waals surface area contributed by atoms with E-state index in [4.69, 9.17) is 10.5 Å². The molecule has 8 heteroatoms. The van der Waals surface area contributed by atoms with Crippen LogP contribution in [-0.2, 0) is 11.2 Å². The average molecular weight is 345 g/mol. The summed E-state index contributed by atoms with van der Waals surface area (Å²) in [4.78, 5) is 25.8. The molecule has 0 bridgehead atoms. The predicted molar refractivity (Wildman–Crippen MR) is 89.6 cm³/mol. The maximum Gasteiger partial charge on any atom is 0.405 e. The standard InChI is InChI=1S/C16H15N3O4S/c1-16(2,23-15(17)20)10-12-5-3-11(9-13(12)19(21)22)4-6-14-18-7-8-24-14/h3,5,7-9H,10H2,1-2H3,(H2,17,20). The van der Waals surface area contributed by atoms with Crippen molar-refractivity contribution in [1.29, 1.82) is 0 Å². The molecule has 0 saturated heterocycles. The lowest BCUT2D eigenvalue weighted by Crippen LogP contribution is -2.33. The average Bonchev–Trinajstić information content (AvgIpc) is 2.97. The highest BCUT2D eigenvalue weighted by Crippen LogP contribution is 2.26. The third-order valence-corrected chi connectivity index (χ3v) is 3.71. The molecule has 1 aromatic carbocycles. The minimum Gasteiger partial charge on any atom is -0.443 e. The molecule has 24 heavy (non-hydrogen) atoms. The van der Waals surface area contributed by atoms with Crippen LogP contribution in [0.5, 0.6) is 0 Å². The van der Waals surface area contributed by atoms with Crippen molar-refractivity contribution in [2.75, 3.05) is 0 Å². The van der Waals surface area contributed by atoms with Crippen LogP contribution < -0.4 is 5.73 Å². The molecule has 2 rings (SSSR count). The molecular formula is C16H15N3O4S. The second kappa shape index (κ2) is 7.10. The number of hydrogen-bond acceptors (Lipinski definition) is 6. The van der Waals surface area contributed by atoms with Crippen molar-refractivity contribution >= 4 is 23.1 Å². The second-order valence-corrected chi connectivity index (χ2v) is 6.44. The van der Waals surface area contributed by atoms with Crippen LogP contribution in [0.1, 0.15) is 30.0 Å². The van der Waals surface area contributed by atoms with E-state index in [1.165, 1.54) is 17.4 Å². The molecule has 2 aromatic rings. The van der Waals surface area contributed by atoms with Gasteiger partial charge >= 0.3 is 6.09 Å². The Kier molecular flexibility index (Phi) is 5.16. The lowest BCUT2D eigenvalue weighted by atomic mass is 9.96. The molecule has 124 valence electrons. The van der Waals surface area contributed by atoms with E-state index < -0.39 is 16.6 Å². The molecule has 0 aliphatic rings. The fourth-order valence-corrected chi connectivity index (χ4v) is 2.62. The summed E-state index contributed by atoms with van der Waals surface area (Å²) in [5.74, 6) is 5.70. The van der Waals surface area contributed by atoms with Crippen LogP contribution in [0.4, 0.5) is 10.5 Å². The van der Waals surface area contributed by atoms with Crippen LogP contribution >= 0.6 is 11.3 Å². The van der Waals surface area contributed by atoms with E-state index in [2.05, 4.69) is 16.8 Å². The summed E-state index contributed by atoms with van der Waals surface area (Å²) in [7, 11) is 0. The Morgan fingerprint density at radius 1 is 1.46 bits per heavy atom. The number of nitro benzene ring substituents is 1. The van der Waals surface area contributed by atoms with E-state index in [9.17, 15) is 14.9 Å². The predicted octanol–water partition coefficient (Wildman–Crippen LogP) is 2.87. The smallest absolute Gasteiger partial charge is 0.405 e. The molecule has 0 aliphatic carbocycles. The van der Waals surface area contributed by atoms with E-state index in [0.29, 0.717) is 16.1 Å². The van der Waals surface area contributed by atoms with E-state index in [-0.39, 0.29) is 12.1 Å². The number of benzene rings is 1. The first-order chi connectivity index (χ1) is 11.3. The van der Waals surface area contributed by atoms with Crippen molar-refractivity contribution < 1.29 is 14.5 Å². The summed E-state index contributed by atoms with van der Waals surface area (Å²) in [6.45, 7) is 3.27. The van der Waals surface area contributed by atoms with Crippen LogP contribution in [0, 0.1) is 22.0 Å². The number of aromatic nitrogens is 1. The molecule has 1 aromatic heterocycles. The molecule has 0 saturated carbocycles. The third-order valence-electron chi connectivity index (χ3n) is 3.02. The molecule has 0 spiro atoms. The van der Waals surface area contributed by atoms with Gasteiger partial charge in [-0.05, 0) is 25.8 Å². The topological polar surface area (TPSA) is 108 Å². The maximum atomic E-state index is 11.3. The van der Waals surface area contributed by atoms with Crippen molar-refractivity contribution in [1.82, 2.24) is 4.98 Å². The lowest BCUT2D eigenvalue weighted by molar-refractivity contribution is -0.385.